The Kier molecular flexibility index (Phi) is 3.19. The largest absolute Gasteiger partial charge is 0.474 e. The maximum Gasteiger partial charge on any atom is 0.394 e. The van der Waals surface area contributed by atoms with Gasteiger partial charge in [-0.25, -0.2) is 4.79 Å². The maximum absolute atomic E-state index is 10.7. The lowest BCUT2D eigenvalue weighted by Crippen LogP contribution is -2.21. The van der Waals surface area contributed by atoms with Gasteiger partial charge in [0.15, 0.2) is 0 Å². The molecule has 1 heterocycles. The molecule has 0 unspecified atom stereocenters. The van der Waals surface area contributed by atoms with E-state index >= 15 is 0 Å². The molecule has 0 radical (unpaired) electrons. The van der Waals surface area contributed by atoms with Crippen LogP contribution in [-0.4, -0.2) is 38.5 Å². The van der Waals surface area contributed by atoms with Crippen LogP contribution in [0.4, 0.5) is 5.69 Å². The molecule has 7 heteroatoms. The summed E-state index contributed by atoms with van der Waals surface area (Å²) in [5, 5.41) is 22.7. The Labute approximate surface area is 79.0 Å². The van der Waals surface area contributed by atoms with Crippen molar-refractivity contribution in [2.45, 2.75) is 6.54 Å². The summed E-state index contributed by atoms with van der Waals surface area (Å²) in [5.41, 5.74) is 0.283. The second-order valence-corrected chi connectivity index (χ2v) is 2.47. The summed E-state index contributed by atoms with van der Waals surface area (Å²) in [6.07, 6.45) is 2.73. The van der Waals surface area contributed by atoms with Gasteiger partial charge in [0.2, 0.25) is 0 Å². The highest BCUT2D eigenvalue weighted by atomic mass is 16.4. The Bertz CT molecular complexity index is 346. The number of rotatable bonds is 3. The van der Waals surface area contributed by atoms with E-state index in [0.717, 1.165) is 0 Å². The first-order valence-corrected chi connectivity index (χ1v) is 3.81. The van der Waals surface area contributed by atoms with Gasteiger partial charge in [0, 0.05) is 6.20 Å². The molecule has 0 saturated carbocycles. The van der Waals surface area contributed by atoms with Crippen molar-refractivity contribution in [3.63, 3.8) is 0 Å². The van der Waals surface area contributed by atoms with Crippen molar-refractivity contribution in [3.05, 3.63) is 12.4 Å². The highest BCUT2D eigenvalue weighted by Gasteiger charge is 2.11. The molecule has 0 aliphatic heterocycles. The molecule has 1 amide bonds. The van der Waals surface area contributed by atoms with Crippen molar-refractivity contribution in [2.24, 2.45) is 0 Å². The Balaban J connectivity index is 2.59. The first kappa shape index (κ1) is 10.2. The van der Waals surface area contributed by atoms with Crippen LogP contribution in [0.15, 0.2) is 12.4 Å². The van der Waals surface area contributed by atoms with E-state index < -0.39 is 11.9 Å². The molecular formula is C7H9N3O4. The molecule has 76 valence electrons. The molecule has 0 spiro atoms. The molecule has 1 aromatic heterocycles. The lowest BCUT2D eigenvalue weighted by molar-refractivity contribution is -0.147. The molecule has 0 bridgehead atoms. The quantitative estimate of drug-likeness (QED) is 0.536. The topological polar surface area (TPSA) is 104 Å². The summed E-state index contributed by atoms with van der Waals surface area (Å²) in [6.45, 7) is 0.219. The minimum absolute atomic E-state index is 0.0754. The number of carboxylic acids is 1. The summed E-state index contributed by atoms with van der Waals surface area (Å²) in [5.74, 6) is -2.67. The number of carbonyl (C=O) groups is 2. The van der Waals surface area contributed by atoms with Crippen molar-refractivity contribution in [2.75, 3.05) is 11.9 Å². The zero-order valence-electron chi connectivity index (χ0n) is 7.17. The van der Waals surface area contributed by atoms with Crippen molar-refractivity contribution >= 4 is 17.6 Å². The van der Waals surface area contributed by atoms with E-state index in [4.69, 9.17) is 10.2 Å². The van der Waals surface area contributed by atoms with E-state index in [9.17, 15) is 9.59 Å². The summed E-state index contributed by atoms with van der Waals surface area (Å²) in [4.78, 5) is 20.8. The molecule has 3 N–H and O–H groups in total. The summed E-state index contributed by atoms with van der Waals surface area (Å²) in [6, 6.07) is 0. The summed E-state index contributed by atoms with van der Waals surface area (Å²) < 4.78 is 1.39. The zero-order valence-corrected chi connectivity index (χ0v) is 7.17. The molecule has 0 aromatic carbocycles. The zero-order chi connectivity index (χ0) is 10.6. The Morgan fingerprint density at radius 3 is 2.86 bits per heavy atom. The minimum Gasteiger partial charge on any atom is -0.474 e. The number of nitrogens with one attached hydrogen (secondary N) is 1. The second kappa shape index (κ2) is 4.38. The lowest BCUT2D eigenvalue weighted by atomic mass is 10.5. The van der Waals surface area contributed by atoms with Crippen molar-refractivity contribution in [1.82, 2.24) is 9.78 Å². The van der Waals surface area contributed by atoms with Gasteiger partial charge in [-0.15, -0.1) is 0 Å². The van der Waals surface area contributed by atoms with Crippen molar-refractivity contribution < 1.29 is 19.8 Å². The normalized spacial score (nSPS) is 9.79. The highest BCUT2D eigenvalue weighted by molar-refractivity contribution is 6.36. The monoisotopic (exact) mass is 199 g/mol. The SMILES string of the molecule is O=C(O)C(=O)Nc1cnn(CCO)c1. The minimum atomic E-state index is -1.56. The fourth-order valence-electron chi connectivity index (χ4n) is 0.837. The standard InChI is InChI=1S/C7H9N3O4/c11-2-1-10-4-5(3-8-10)9-6(12)7(13)14/h3-4,11H,1-2H2,(H,9,12)(H,13,14). The van der Waals surface area contributed by atoms with Crippen molar-refractivity contribution in [3.8, 4) is 0 Å². The second-order valence-electron chi connectivity index (χ2n) is 2.47. The van der Waals surface area contributed by atoms with Gasteiger partial charge >= 0.3 is 11.9 Å². The molecule has 0 aliphatic rings. The highest BCUT2D eigenvalue weighted by Crippen LogP contribution is 2.03. The Hall–Kier alpha value is -1.89. The molecular weight excluding hydrogens is 190 g/mol. The van der Waals surface area contributed by atoms with E-state index in [2.05, 4.69) is 10.4 Å². The van der Waals surface area contributed by atoms with Crippen LogP contribution in [0.3, 0.4) is 0 Å². The van der Waals surface area contributed by atoms with E-state index in [1.807, 2.05) is 0 Å². The third-order valence-corrected chi connectivity index (χ3v) is 1.41. The molecule has 14 heavy (non-hydrogen) atoms. The van der Waals surface area contributed by atoms with Gasteiger partial charge in [0.1, 0.15) is 0 Å². The van der Waals surface area contributed by atoms with Crippen LogP contribution in [0.2, 0.25) is 0 Å². The van der Waals surface area contributed by atoms with Gasteiger partial charge in [0.05, 0.1) is 25.0 Å². The number of carboxylic acid groups (broad SMARTS) is 1. The van der Waals surface area contributed by atoms with E-state index in [-0.39, 0.29) is 12.3 Å². The molecule has 1 rings (SSSR count). The fraction of sp³-hybridized carbons (Fsp3) is 0.286. The number of carbonyl (C=O) groups excluding carboxylic acids is 1. The predicted octanol–water partition coefficient (Wildman–Crippen LogP) is -1.10. The average Bonchev–Trinajstić information content (AvgIpc) is 2.53. The number of aromatic nitrogens is 2. The predicted molar refractivity (Wildman–Crippen MR) is 45.6 cm³/mol. The summed E-state index contributed by atoms with van der Waals surface area (Å²) >= 11 is 0. The molecule has 1 aromatic rings. The van der Waals surface area contributed by atoms with Gasteiger partial charge in [0.25, 0.3) is 0 Å². The Morgan fingerprint density at radius 1 is 1.57 bits per heavy atom. The number of nitrogens with zero attached hydrogens (tertiary/aromatic N) is 2. The lowest BCUT2D eigenvalue weighted by Gasteiger charge is -1.96. The van der Waals surface area contributed by atoms with Gasteiger partial charge in [-0.05, 0) is 0 Å². The number of aliphatic hydroxyl groups excluding tert-OH is 1. The average molecular weight is 199 g/mol. The van der Waals surface area contributed by atoms with Crippen LogP contribution in [0.25, 0.3) is 0 Å². The van der Waals surface area contributed by atoms with Crippen LogP contribution in [0.1, 0.15) is 0 Å². The van der Waals surface area contributed by atoms with Crippen LogP contribution in [-0.2, 0) is 16.1 Å². The molecule has 0 atom stereocenters. The fourth-order valence-corrected chi connectivity index (χ4v) is 0.837. The van der Waals surface area contributed by atoms with E-state index in [1.54, 1.807) is 0 Å². The van der Waals surface area contributed by atoms with Crippen LogP contribution in [0, 0.1) is 0 Å². The third kappa shape index (κ3) is 2.56. The summed E-state index contributed by atoms with van der Waals surface area (Å²) in [7, 11) is 0. The molecule has 0 saturated heterocycles. The molecule has 0 fully saturated rings. The van der Waals surface area contributed by atoms with E-state index in [1.165, 1.54) is 17.1 Å². The number of aliphatic carboxylic acids is 1. The van der Waals surface area contributed by atoms with E-state index in [0.29, 0.717) is 6.54 Å². The molecule has 7 nitrogen and oxygen atoms in total. The van der Waals surface area contributed by atoms with Gasteiger partial charge in [-0.3, -0.25) is 9.48 Å². The number of amides is 1. The molecule has 0 aliphatic carbocycles. The number of anilines is 1. The van der Waals surface area contributed by atoms with Crippen LogP contribution in [0.5, 0.6) is 0 Å². The smallest absolute Gasteiger partial charge is 0.394 e. The first-order chi connectivity index (χ1) is 6.63. The van der Waals surface area contributed by atoms with Gasteiger partial charge in [-0.2, -0.15) is 5.10 Å². The Morgan fingerprint density at radius 2 is 2.29 bits per heavy atom. The maximum atomic E-state index is 10.7. The van der Waals surface area contributed by atoms with Crippen LogP contribution < -0.4 is 5.32 Å². The third-order valence-electron chi connectivity index (χ3n) is 1.41. The van der Waals surface area contributed by atoms with Gasteiger partial charge < -0.3 is 15.5 Å². The van der Waals surface area contributed by atoms with Crippen molar-refractivity contribution in [1.29, 1.82) is 0 Å². The number of aliphatic hydroxyl groups is 1. The van der Waals surface area contributed by atoms with Crippen LogP contribution >= 0.6 is 0 Å². The first-order valence-electron chi connectivity index (χ1n) is 3.81. The number of hydrogen-bond acceptors (Lipinski definition) is 4. The van der Waals surface area contributed by atoms with Gasteiger partial charge in [-0.1, -0.05) is 0 Å². The number of hydrogen-bond donors (Lipinski definition) is 3.